The van der Waals surface area contributed by atoms with Crippen LogP contribution in [-0.4, -0.2) is 72.6 Å². The van der Waals surface area contributed by atoms with Gasteiger partial charge in [0.05, 0.1) is 96.1 Å². The van der Waals surface area contributed by atoms with Crippen molar-refractivity contribution in [2.45, 2.75) is 165 Å². The molecule has 102 heavy (non-hydrogen) atoms. The third-order valence-electron chi connectivity index (χ3n) is 17.0. The average molecular weight is 1430 g/mol. The number of alkyl halides is 3. The van der Waals surface area contributed by atoms with Gasteiger partial charge in [-0.2, -0.15) is 13.2 Å². The SMILES string of the molecule is CC(C)c1ncc(Cl)c2ccccc12.COCc1ccc2c(C(F)(F)F)cnc(C(C)C)c2c1.COCc1ccc2c(C)cnc(C(C)C)c2c1.COCc1ccc2c(Cl)cnc(C(C)C)c2c1.COCc1ccc2c(OC)cnc(C(C)C)c2c1.COCc1ccc2ccnc(C(C)C)c2c1. The van der Waals surface area contributed by atoms with E-state index in [1.807, 2.05) is 56.6 Å². The van der Waals surface area contributed by atoms with Crippen molar-refractivity contribution in [1.29, 1.82) is 0 Å². The lowest BCUT2D eigenvalue weighted by Crippen LogP contribution is -2.08. The van der Waals surface area contributed by atoms with Gasteiger partial charge in [0, 0.05) is 115 Å². The average Bonchev–Trinajstić information content (AvgIpc) is 0.789. The van der Waals surface area contributed by atoms with Gasteiger partial charge in [-0.25, -0.2) is 0 Å². The normalized spacial score (nSPS) is 11.5. The van der Waals surface area contributed by atoms with Crippen molar-refractivity contribution in [2.75, 3.05) is 42.7 Å². The number of hydrogen-bond acceptors (Lipinski definition) is 12. The van der Waals surface area contributed by atoms with Crippen LogP contribution in [0.2, 0.25) is 10.0 Å². The first-order chi connectivity index (χ1) is 48.7. The van der Waals surface area contributed by atoms with Gasteiger partial charge in [0.15, 0.2) is 0 Å². The molecule has 17 heteroatoms. The van der Waals surface area contributed by atoms with Crippen LogP contribution in [-0.2, 0) is 62.9 Å². The number of rotatable bonds is 17. The van der Waals surface area contributed by atoms with Gasteiger partial charge >= 0.3 is 6.18 Å². The molecule has 6 heterocycles. The molecule has 0 saturated carbocycles. The Kier molecular flexibility index (Phi) is 30.4. The number of fused-ring (bicyclic) bond motifs is 6. The van der Waals surface area contributed by atoms with Gasteiger partial charge in [0.1, 0.15) is 5.75 Å². The number of benzene rings is 6. The topological polar surface area (TPSA) is 133 Å². The van der Waals surface area contributed by atoms with Gasteiger partial charge in [-0.3, -0.25) is 29.9 Å². The molecule has 0 unspecified atom stereocenters. The van der Waals surface area contributed by atoms with E-state index in [9.17, 15) is 13.2 Å². The summed E-state index contributed by atoms with van der Waals surface area (Å²) < 4.78 is 70.2. The minimum atomic E-state index is -4.40. The molecule has 0 aliphatic rings. The van der Waals surface area contributed by atoms with Crippen molar-refractivity contribution in [1.82, 2.24) is 29.9 Å². The van der Waals surface area contributed by atoms with Crippen LogP contribution in [0.1, 0.15) is 192 Å². The number of pyridine rings is 6. The monoisotopic (exact) mass is 1430 g/mol. The maximum Gasteiger partial charge on any atom is 0.418 e. The van der Waals surface area contributed by atoms with E-state index in [4.69, 9.17) is 51.6 Å². The van der Waals surface area contributed by atoms with E-state index < -0.39 is 11.7 Å². The van der Waals surface area contributed by atoms with Crippen LogP contribution in [0, 0.1) is 6.92 Å². The van der Waals surface area contributed by atoms with E-state index in [1.54, 1.807) is 73.4 Å². The summed E-state index contributed by atoms with van der Waals surface area (Å²) in [4.78, 5) is 26.4. The van der Waals surface area contributed by atoms with Crippen molar-refractivity contribution in [3.8, 4) is 5.75 Å². The molecular weight excluding hydrogens is 1330 g/mol. The molecule has 540 valence electrons. The van der Waals surface area contributed by atoms with E-state index in [0.717, 1.165) is 88.8 Å². The Morgan fingerprint density at radius 1 is 0.333 bits per heavy atom. The van der Waals surface area contributed by atoms with Gasteiger partial charge in [-0.1, -0.05) is 191 Å². The molecule has 6 aromatic carbocycles. The first-order valence-electron chi connectivity index (χ1n) is 34.4. The standard InChI is InChI=1S/C15H16F3NO.C15H19NO2.C15H19NO.C14H16ClNO.C14H17NO.C12H12ClN/c1-9(2)14-12-6-10(8-20-3)4-5-11(12)13(7-19-14)15(16,17)18;1-10(2)15-13-7-11(9-17-3)5-6-12(13)14(18-4)8-16-15;1-10(2)15-14-7-12(9-17-4)5-6-13(14)11(3)8-16-15;1-9(2)14-12-6-10(8-17-3)4-5-11(12)13(15)7-16-14;1-10(2)14-13-8-11(9-16-3)4-5-12(13)6-7-15-14;1-8(2)12-10-6-4-3-5-9(10)11(13)7-14-12/h4-7,9H,8H2,1-3H3;5-8,10H,9H2,1-4H3;5-8,10H,9H2,1-4H3;4-7,9H,8H2,1-3H3;4-8,10H,9H2,1-3H3;3-8H,1-2H3. The van der Waals surface area contributed by atoms with Crippen molar-refractivity contribution >= 4 is 87.8 Å². The fourth-order valence-electron chi connectivity index (χ4n) is 12.2. The number of aryl methyl sites for hydroxylation is 1. The number of aromatic nitrogens is 6. The Labute approximate surface area is 610 Å². The molecule has 0 aliphatic heterocycles. The predicted molar refractivity (Wildman–Crippen MR) is 415 cm³/mol. The lowest BCUT2D eigenvalue weighted by molar-refractivity contribution is -0.136. The highest BCUT2D eigenvalue weighted by molar-refractivity contribution is 6.35. The second-order valence-electron chi connectivity index (χ2n) is 27.0. The van der Waals surface area contributed by atoms with Gasteiger partial charge in [-0.15, -0.1) is 0 Å². The molecule has 0 aliphatic carbocycles. The number of halogens is 5. The third kappa shape index (κ3) is 21.0. The zero-order valence-electron chi connectivity index (χ0n) is 62.5. The van der Waals surface area contributed by atoms with E-state index in [1.165, 1.54) is 50.0 Å². The van der Waals surface area contributed by atoms with Crippen molar-refractivity contribution in [2.24, 2.45) is 0 Å². The highest BCUT2D eigenvalue weighted by Gasteiger charge is 2.34. The summed E-state index contributed by atoms with van der Waals surface area (Å²) in [5.74, 6) is 2.95. The molecule has 0 spiro atoms. The summed E-state index contributed by atoms with van der Waals surface area (Å²) in [6.07, 6.45) is 5.64. The summed E-state index contributed by atoms with van der Waals surface area (Å²) in [6.45, 7) is 30.4. The summed E-state index contributed by atoms with van der Waals surface area (Å²) in [5.41, 5.74) is 12.4. The lowest BCUT2D eigenvalue weighted by Gasteiger charge is -2.15. The summed E-state index contributed by atoms with van der Waals surface area (Å²) >= 11 is 12.2. The Bertz CT molecular complexity index is 4640. The molecule has 0 fully saturated rings. The smallest absolute Gasteiger partial charge is 0.418 e. The Hall–Kier alpha value is -8.25. The predicted octanol–water partition coefficient (Wildman–Crippen LogP) is 23.5. The second kappa shape index (κ2) is 38.3. The van der Waals surface area contributed by atoms with Crippen molar-refractivity contribution in [3.63, 3.8) is 0 Å². The van der Waals surface area contributed by atoms with E-state index in [2.05, 4.69) is 179 Å². The highest BCUT2D eigenvalue weighted by atomic mass is 35.5. The second-order valence-corrected chi connectivity index (χ2v) is 27.8. The fourth-order valence-corrected chi connectivity index (χ4v) is 12.6. The zero-order valence-corrected chi connectivity index (χ0v) is 64.0. The van der Waals surface area contributed by atoms with Crippen LogP contribution in [0.25, 0.3) is 64.6 Å². The van der Waals surface area contributed by atoms with Crippen LogP contribution in [0.3, 0.4) is 0 Å². The number of nitrogens with zero attached hydrogens (tertiary/aromatic N) is 6. The fraction of sp³-hybridized carbons (Fsp3) is 0.365. The molecule has 0 saturated heterocycles. The van der Waals surface area contributed by atoms with Gasteiger partial charge in [0.25, 0.3) is 0 Å². The van der Waals surface area contributed by atoms with E-state index in [-0.39, 0.29) is 11.3 Å². The van der Waals surface area contributed by atoms with Crippen LogP contribution in [0.5, 0.6) is 5.75 Å². The van der Waals surface area contributed by atoms with Gasteiger partial charge < -0.3 is 28.4 Å². The largest absolute Gasteiger partial charge is 0.494 e. The molecule has 0 amide bonds. The van der Waals surface area contributed by atoms with Crippen LogP contribution < -0.4 is 4.74 Å². The summed E-state index contributed by atoms with van der Waals surface area (Å²) in [6, 6.07) is 40.5. The maximum absolute atomic E-state index is 13.0. The van der Waals surface area contributed by atoms with Crippen molar-refractivity contribution < 1.29 is 41.6 Å². The van der Waals surface area contributed by atoms with Gasteiger partial charge in [-0.05, 0) is 128 Å². The Morgan fingerprint density at radius 2 is 0.657 bits per heavy atom. The van der Waals surface area contributed by atoms with E-state index in [0.29, 0.717) is 78.7 Å². The van der Waals surface area contributed by atoms with Crippen LogP contribution >= 0.6 is 23.2 Å². The number of ether oxygens (including phenoxy) is 6. The molecular formula is C85H99Cl2F3N6O6. The minimum absolute atomic E-state index is 0.0533. The van der Waals surface area contributed by atoms with Crippen LogP contribution in [0.4, 0.5) is 13.2 Å². The van der Waals surface area contributed by atoms with Crippen LogP contribution in [0.15, 0.2) is 159 Å². The maximum atomic E-state index is 13.0. The molecule has 0 radical (unpaired) electrons. The third-order valence-corrected chi connectivity index (χ3v) is 17.6. The molecule has 12 rings (SSSR count). The molecule has 6 aromatic heterocycles. The quantitative estimate of drug-likeness (QED) is 0.0859. The molecule has 12 nitrogen and oxygen atoms in total. The minimum Gasteiger partial charge on any atom is -0.494 e. The zero-order chi connectivity index (χ0) is 74.5. The highest BCUT2D eigenvalue weighted by Crippen LogP contribution is 2.38. The summed E-state index contributed by atoms with van der Waals surface area (Å²) in [5, 5.41) is 13.9. The van der Waals surface area contributed by atoms with Gasteiger partial charge in [0.2, 0.25) is 0 Å². The molecule has 0 N–H and O–H groups in total. The van der Waals surface area contributed by atoms with E-state index >= 15 is 0 Å². The first kappa shape index (κ1) is 81.1. The lowest BCUT2D eigenvalue weighted by atomic mass is 9.97. The number of hydrogen-bond donors (Lipinski definition) is 0. The van der Waals surface area contributed by atoms with Crippen molar-refractivity contribution in [3.05, 3.63) is 242 Å². The molecule has 0 bridgehead atoms. The molecule has 12 aromatic rings. The Balaban J connectivity index is 0.000000172. The summed E-state index contributed by atoms with van der Waals surface area (Å²) in [7, 11) is 10.1. The Morgan fingerprint density at radius 3 is 1.09 bits per heavy atom. The molecule has 0 atom stereocenters. The first-order valence-corrected chi connectivity index (χ1v) is 35.2. The number of methoxy groups -OCH3 is 6.